The van der Waals surface area contributed by atoms with Crippen LogP contribution in [0.1, 0.15) is 6.92 Å². The standard InChI is InChI=1S/C8H10FN3/c1-6(10)11-12-8-4-2-3-7(9)5-8/h2-5,12H,1H3,(H2,10,11). The Hall–Kier alpha value is -1.58. The van der Waals surface area contributed by atoms with Crippen molar-refractivity contribution >= 4 is 11.5 Å². The molecule has 3 nitrogen and oxygen atoms in total. The van der Waals surface area contributed by atoms with E-state index in [1.54, 1.807) is 19.1 Å². The number of rotatable bonds is 2. The van der Waals surface area contributed by atoms with Crippen LogP contribution in [0.4, 0.5) is 10.1 Å². The van der Waals surface area contributed by atoms with Crippen LogP contribution in [0.2, 0.25) is 0 Å². The summed E-state index contributed by atoms with van der Waals surface area (Å²) in [6.07, 6.45) is 0. The molecule has 64 valence electrons. The molecular weight excluding hydrogens is 157 g/mol. The van der Waals surface area contributed by atoms with E-state index >= 15 is 0 Å². The van der Waals surface area contributed by atoms with Crippen LogP contribution in [0.25, 0.3) is 0 Å². The number of nitrogens with zero attached hydrogens (tertiary/aromatic N) is 1. The predicted molar refractivity (Wildman–Crippen MR) is 47.3 cm³/mol. The highest BCUT2D eigenvalue weighted by Gasteiger charge is 1.91. The molecule has 0 amide bonds. The summed E-state index contributed by atoms with van der Waals surface area (Å²) in [6, 6.07) is 6.01. The van der Waals surface area contributed by atoms with Gasteiger partial charge in [0.25, 0.3) is 0 Å². The lowest BCUT2D eigenvalue weighted by Gasteiger charge is -1.99. The highest BCUT2D eigenvalue weighted by Crippen LogP contribution is 2.08. The number of hydrogen-bond acceptors (Lipinski definition) is 2. The Morgan fingerprint density at radius 2 is 2.33 bits per heavy atom. The molecule has 0 aliphatic heterocycles. The maximum atomic E-state index is 12.6. The normalized spacial score (nSPS) is 11.3. The van der Waals surface area contributed by atoms with Crippen LogP contribution < -0.4 is 11.2 Å². The van der Waals surface area contributed by atoms with Crippen molar-refractivity contribution in [3.63, 3.8) is 0 Å². The van der Waals surface area contributed by atoms with Gasteiger partial charge in [-0.1, -0.05) is 6.07 Å². The first-order valence-electron chi connectivity index (χ1n) is 3.50. The summed E-state index contributed by atoms with van der Waals surface area (Å²) in [5.41, 5.74) is 8.46. The first-order chi connectivity index (χ1) is 5.68. The first kappa shape index (κ1) is 8.52. The van der Waals surface area contributed by atoms with E-state index in [4.69, 9.17) is 5.73 Å². The SMILES string of the molecule is C/C(N)=N\Nc1cccc(F)c1. The molecule has 1 rings (SSSR count). The van der Waals surface area contributed by atoms with Crippen LogP contribution in [0.3, 0.4) is 0 Å². The highest BCUT2D eigenvalue weighted by molar-refractivity contribution is 5.78. The fourth-order valence-corrected chi connectivity index (χ4v) is 0.711. The van der Waals surface area contributed by atoms with E-state index < -0.39 is 0 Å². The summed E-state index contributed by atoms with van der Waals surface area (Å²) in [7, 11) is 0. The fourth-order valence-electron chi connectivity index (χ4n) is 0.711. The third kappa shape index (κ3) is 2.57. The number of hydrogen-bond donors (Lipinski definition) is 2. The van der Waals surface area contributed by atoms with E-state index in [1.807, 2.05) is 0 Å². The van der Waals surface area contributed by atoms with Gasteiger partial charge in [-0.2, -0.15) is 5.10 Å². The zero-order valence-corrected chi connectivity index (χ0v) is 6.71. The van der Waals surface area contributed by atoms with Crippen molar-refractivity contribution in [2.75, 3.05) is 5.43 Å². The zero-order chi connectivity index (χ0) is 8.97. The number of amidine groups is 1. The van der Waals surface area contributed by atoms with Crippen molar-refractivity contribution in [1.82, 2.24) is 0 Å². The summed E-state index contributed by atoms with van der Waals surface area (Å²) < 4.78 is 12.6. The molecule has 0 saturated carbocycles. The monoisotopic (exact) mass is 167 g/mol. The summed E-state index contributed by atoms with van der Waals surface area (Å²) in [4.78, 5) is 0. The Labute approximate surface area is 70.1 Å². The summed E-state index contributed by atoms with van der Waals surface area (Å²) in [5, 5.41) is 3.71. The Morgan fingerprint density at radius 1 is 1.58 bits per heavy atom. The number of benzene rings is 1. The molecule has 0 bridgehead atoms. The topological polar surface area (TPSA) is 50.4 Å². The van der Waals surface area contributed by atoms with Crippen molar-refractivity contribution in [3.05, 3.63) is 30.1 Å². The molecule has 0 aliphatic rings. The van der Waals surface area contributed by atoms with E-state index in [-0.39, 0.29) is 5.82 Å². The second kappa shape index (κ2) is 3.71. The average Bonchev–Trinajstić information content (AvgIpc) is 2.01. The van der Waals surface area contributed by atoms with Gasteiger partial charge in [0.15, 0.2) is 0 Å². The highest BCUT2D eigenvalue weighted by atomic mass is 19.1. The maximum absolute atomic E-state index is 12.6. The van der Waals surface area contributed by atoms with Gasteiger partial charge >= 0.3 is 0 Å². The van der Waals surface area contributed by atoms with Gasteiger partial charge in [-0.3, -0.25) is 5.43 Å². The molecule has 0 saturated heterocycles. The lowest BCUT2D eigenvalue weighted by molar-refractivity contribution is 0.628. The quantitative estimate of drug-likeness (QED) is 0.398. The molecule has 1 aromatic carbocycles. The van der Waals surface area contributed by atoms with E-state index in [0.717, 1.165) is 0 Å². The second-order valence-corrected chi connectivity index (χ2v) is 2.38. The molecule has 4 heteroatoms. The van der Waals surface area contributed by atoms with E-state index in [1.165, 1.54) is 12.1 Å². The number of nitrogens with two attached hydrogens (primary N) is 1. The van der Waals surface area contributed by atoms with Gasteiger partial charge in [0, 0.05) is 0 Å². The summed E-state index contributed by atoms with van der Waals surface area (Å²) in [6.45, 7) is 1.65. The molecule has 0 unspecified atom stereocenters. The minimum absolute atomic E-state index is 0.301. The third-order valence-electron chi connectivity index (χ3n) is 1.19. The summed E-state index contributed by atoms with van der Waals surface area (Å²) >= 11 is 0. The van der Waals surface area contributed by atoms with Crippen molar-refractivity contribution in [2.24, 2.45) is 10.8 Å². The van der Waals surface area contributed by atoms with Crippen molar-refractivity contribution in [1.29, 1.82) is 0 Å². The second-order valence-electron chi connectivity index (χ2n) is 2.38. The molecule has 0 atom stereocenters. The molecule has 12 heavy (non-hydrogen) atoms. The Bertz CT molecular complexity index is 292. The van der Waals surface area contributed by atoms with Crippen molar-refractivity contribution in [2.45, 2.75) is 6.92 Å². The van der Waals surface area contributed by atoms with Gasteiger partial charge in [-0.05, 0) is 25.1 Å². The molecule has 3 N–H and O–H groups in total. The van der Waals surface area contributed by atoms with Crippen LogP contribution in [0.15, 0.2) is 29.4 Å². The minimum atomic E-state index is -0.301. The number of halogens is 1. The molecule has 0 spiro atoms. The number of anilines is 1. The number of hydrazone groups is 1. The van der Waals surface area contributed by atoms with Gasteiger partial charge in [-0.15, -0.1) is 0 Å². The van der Waals surface area contributed by atoms with E-state index in [9.17, 15) is 4.39 Å². The molecule has 0 heterocycles. The lowest BCUT2D eigenvalue weighted by atomic mass is 10.3. The first-order valence-corrected chi connectivity index (χ1v) is 3.50. The minimum Gasteiger partial charge on any atom is -0.386 e. The molecule has 0 aromatic heterocycles. The van der Waals surface area contributed by atoms with Gasteiger partial charge in [0.05, 0.1) is 5.69 Å². The molecular formula is C8H10FN3. The van der Waals surface area contributed by atoms with Gasteiger partial charge in [-0.25, -0.2) is 4.39 Å². The van der Waals surface area contributed by atoms with Crippen LogP contribution in [-0.4, -0.2) is 5.84 Å². The van der Waals surface area contributed by atoms with Gasteiger partial charge in [0.2, 0.25) is 0 Å². The lowest BCUT2D eigenvalue weighted by Crippen LogP contribution is -2.07. The van der Waals surface area contributed by atoms with Crippen LogP contribution >= 0.6 is 0 Å². The van der Waals surface area contributed by atoms with Crippen LogP contribution in [-0.2, 0) is 0 Å². The average molecular weight is 167 g/mol. The molecule has 0 fully saturated rings. The molecule has 1 aromatic rings. The predicted octanol–water partition coefficient (Wildman–Crippen LogP) is 1.53. The van der Waals surface area contributed by atoms with Gasteiger partial charge in [0.1, 0.15) is 11.7 Å². The molecule has 0 aliphatic carbocycles. The van der Waals surface area contributed by atoms with E-state index in [0.29, 0.717) is 11.5 Å². The van der Waals surface area contributed by atoms with E-state index in [2.05, 4.69) is 10.5 Å². The van der Waals surface area contributed by atoms with Crippen molar-refractivity contribution < 1.29 is 4.39 Å². The van der Waals surface area contributed by atoms with Crippen molar-refractivity contribution in [3.8, 4) is 0 Å². The number of nitrogens with one attached hydrogen (secondary N) is 1. The van der Waals surface area contributed by atoms with Crippen LogP contribution in [0, 0.1) is 5.82 Å². The van der Waals surface area contributed by atoms with Gasteiger partial charge < -0.3 is 5.73 Å². The Kier molecular flexibility index (Phi) is 2.63. The fraction of sp³-hybridized carbons (Fsp3) is 0.125. The summed E-state index contributed by atoms with van der Waals surface area (Å²) in [5.74, 6) is 0.101. The van der Waals surface area contributed by atoms with Crippen LogP contribution in [0.5, 0.6) is 0 Å². The largest absolute Gasteiger partial charge is 0.386 e. The smallest absolute Gasteiger partial charge is 0.125 e. The maximum Gasteiger partial charge on any atom is 0.125 e. The Balaban J connectivity index is 2.70. The Morgan fingerprint density at radius 3 is 2.92 bits per heavy atom. The molecule has 0 radical (unpaired) electrons. The third-order valence-corrected chi connectivity index (χ3v) is 1.19. The zero-order valence-electron chi connectivity index (χ0n) is 6.71.